The topological polar surface area (TPSA) is 50.4 Å². The fourth-order valence-corrected chi connectivity index (χ4v) is 1.64. The highest BCUT2D eigenvalue weighted by Crippen LogP contribution is 2.18. The summed E-state index contributed by atoms with van der Waals surface area (Å²) in [4.78, 5) is 11.9. The van der Waals surface area contributed by atoms with Crippen molar-refractivity contribution in [3.63, 3.8) is 0 Å². The van der Waals surface area contributed by atoms with E-state index >= 15 is 0 Å². The average molecular weight is 254 g/mol. The zero-order chi connectivity index (χ0) is 13.5. The average Bonchev–Trinajstić information content (AvgIpc) is 2.36. The molecule has 1 unspecified atom stereocenters. The number of halogens is 1. The first kappa shape index (κ1) is 14.4. The summed E-state index contributed by atoms with van der Waals surface area (Å²) < 4.78 is 18.8. The number of anilines is 1. The highest BCUT2D eigenvalue weighted by molar-refractivity contribution is 5.99. The molecule has 0 bridgehead atoms. The van der Waals surface area contributed by atoms with Crippen LogP contribution in [-0.2, 0) is 4.74 Å². The maximum atomic E-state index is 13.5. The van der Waals surface area contributed by atoms with Crippen molar-refractivity contribution >= 4 is 11.6 Å². The molecular formula is C13H19FN2O2. The predicted molar refractivity (Wildman–Crippen MR) is 69.4 cm³/mol. The number of nitrogens with one attached hydrogen (secondary N) is 2. The van der Waals surface area contributed by atoms with E-state index in [9.17, 15) is 9.18 Å². The molecule has 5 heteroatoms. The summed E-state index contributed by atoms with van der Waals surface area (Å²) in [6.45, 7) is 4.75. The lowest BCUT2D eigenvalue weighted by Crippen LogP contribution is -2.32. The molecule has 1 aromatic rings. The van der Waals surface area contributed by atoms with Crippen molar-refractivity contribution in [2.24, 2.45) is 0 Å². The number of carbonyl (C=O) groups excluding carboxylic acids is 1. The lowest BCUT2D eigenvalue weighted by atomic mass is 10.1. The third-order valence-corrected chi connectivity index (χ3v) is 2.51. The highest BCUT2D eigenvalue weighted by Gasteiger charge is 2.14. The van der Waals surface area contributed by atoms with Gasteiger partial charge in [0, 0.05) is 20.2 Å². The van der Waals surface area contributed by atoms with Gasteiger partial charge in [-0.2, -0.15) is 0 Å². The van der Waals surface area contributed by atoms with Crippen molar-refractivity contribution in [2.45, 2.75) is 20.0 Å². The number of hydrogen-bond donors (Lipinski definition) is 2. The summed E-state index contributed by atoms with van der Waals surface area (Å²) in [5.74, 6) is -0.756. The lowest BCUT2D eigenvalue weighted by Gasteiger charge is -2.14. The van der Waals surface area contributed by atoms with Crippen LogP contribution >= 0.6 is 0 Å². The van der Waals surface area contributed by atoms with Crippen LogP contribution in [0, 0.1) is 5.82 Å². The van der Waals surface area contributed by atoms with Gasteiger partial charge in [0.2, 0.25) is 0 Å². The van der Waals surface area contributed by atoms with Gasteiger partial charge in [0.25, 0.3) is 5.91 Å². The van der Waals surface area contributed by atoms with Crippen LogP contribution in [-0.4, -0.2) is 32.2 Å². The minimum absolute atomic E-state index is 0.0643. The second kappa shape index (κ2) is 6.96. The maximum Gasteiger partial charge on any atom is 0.253 e. The Morgan fingerprint density at radius 3 is 2.83 bits per heavy atom. The largest absolute Gasteiger partial charge is 0.385 e. The molecule has 0 aliphatic rings. The van der Waals surface area contributed by atoms with Gasteiger partial charge >= 0.3 is 0 Å². The van der Waals surface area contributed by atoms with Crippen molar-refractivity contribution in [2.75, 3.05) is 25.5 Å². The van der Waals surface area contributed by atoms with Crippen molar-refractivity contribution in [1.82, 2.24) is 5.32 Å². The molecule has 1 aromatic carbocycles. The van der Waals surface area contributed by atoms with Crippen LogP contribution in [0.15, 0.2) is 18.2 Å². The molecule has 1 amide bonds. The Morgan fingerprint density at radius 1 is 1.50 bits per heavy atom. The van der Waals surface area contributed by atoms with Gasteiger partial charge in [0.15, 0.2) is 0 Å². The summed E-state index contributed by atoms with van der Waals surface area (Å²) in [7, 11) is 1.58. The number of ether oxygens (including phenoxy) is 1. The fourth-order valence-electron chi connectivity index (χ4n) is 1.64. The second-order valence-electron chi connectivity index (χ2n) is 3.89. The van der Waals surface area contributed by atoms with E-state index in [2.05, 4.69) is 10.6 Å². The van der Waals surface area contributed by atoms with Gasteiger partial charge in [0.05, 0.1) is 17.4 Å². The van der Waals surface area contributed by atoms with Crippen molar-refractivity contribution in [3.05, 3.63) is 29.6 Å². The van der Waals surface area contributed by atoms with E-state index in [0.29, 0.717) is 18.7 Å². The van der Waals surface area contributed by atoms with Crippen LogP contribution in [0.2, 0.25) is 0 Å². The van der Waals surface area contributed by atoms with E-state index in [1.165, 1.54) is 12.1 Å². The van der Waals surface area contributed by atoms with E-state index in [1.54, 1.807) is 13.1 Å². The number of para-hydroxylation sites is 1. The van der Waals surface area contributed by atoms with Gasteiger partial charge in [-0.3, -0.25) is 4.79 Å². The van der Waals surface area contributed by atoms with Gasteiger partial charge in [-0.25, -0.2) is 4.39 Å². The number of rotatable bonds is 6. The molecule has 0 aromatic heterocycles. The number of hydrogen-bond acceptors (Lipinski definition) is 3. The molecule has 0 spiro atoms. The molecule has 0 fully saturated rings. The Hall–Kier alpha value is -1.62. The molecule has 0 heterocycles. The fraction of sp³-hybridized carbons (Fsp3) is 0.462. The van der Waals surface area contributed by atoms with E-state index in [1.807, 2.05) is 13.8 Å². The van der Waals surface area contributed by atoms with Gasteiger partial charge in [-0.15, -0.1) is 0 Å². The third kappa shape index (κ3) is 3.70. The molecule has 100 valence electrons. The Morgan fingerprint density at radius 2 is 2.22 bits per heavy atom. The second-order valence-corrected chi connectivity index (χ2v) is 3.89. The van der Waals surface area contributed by atoms with E-state index in [0.717, 1.165) is 0 Å². The summed E-state index contributed by atoms with van der Waals surface area (Å²) in [6, 6.07) is 4.40. The summed E-state index contributed by atoms with van der Waals surface area (Å²) in [6.07, 6.45) is -0.0643. The van der Waals surface area contributed by atoms with Gasteiger partial charge in [-0.05, 0) is 26.0 Å². The molecule has 1 atom stereocenters. The standard InChI is InChI=1S/C13H19FN2O2/c1-4-18-9(2)8-16-13(17)10-6-5-7-11(14)12(10)15-3/h5-7,9,15H,4,8H2,1-3H3,(H,16,17). The maximum absolute atomic E-state index is 13.5. The van der Waals surface area contributed by atoms with Crippen LogP contribution in [0.3, 0.4) is 0 Å². The summed E-state index contributed by atoms with van der Waals surface area (Å²) in [5.41, 5.74) is 0.500. The van der Waals surface area contributed by atoms with Crippen LogP contribution in [0.25, 0.3) is 0 Å². The predicted octanol–water partition coefficient (Wildman–Crippen LogP) is 2.02. The molecule has 0 aliphatic heterocycles. The summed E-state index contributed by atoms with van der Waals surface area (Å²) in [5, 5.41) is 5.41. The molecule has 0 aliphatic carbocycles. The first-order valence-corrected chi connectivity index (χ1v) is 5.96. The number of carbonyl (C=O) groups is 1. The van der Waals surface area contributed by atoms with Crippen molar-refractivity contribution < 1.29 is 13.9 Å². The van der Waals surface area contributed by atoms with Gasteiger partial charge in [-0.1, -0.05) is 6.07 Å². The molecule has 18 heavy (non-hydrogen) atoms. The van der Waals surface area contributed by atoms with Gasteiger partial charge in [0.1, 0.15) is 5.82 Å². The van der Waals surface area contributed by atoms with Gasteiger partial charge < -0.3 is 15.4 Å². The molecule has 4 nitrogen and oxygen atoms in total. The lowest BCUT2D eigenvalue weighted by molar-refractivity contribution is 0.0695. The quantitative estimate of drug-likeness (QED) is 0.816. The molecule has 0 radical (unpaired) electrons. The third-order valence-electron chi connectivity index (χ3n) is 2.51. The van der Waals surface area contributed by atoms with Crippen LogP contribution in [0.4, 0.5) is 10.1 Å². The van der Waals surface area contributed by atoms with Crippen LogP contribution in [0.5, 0.6) is 0 Å². The monoisotopic (exact) mass is 254 g/mol. The minimum Gasteiger partial charge on any atom is -0.385 e. The van der Waals surface area contributed by atoms with E-state index in [4.69, 9.17) is 4.74 Å². The Balaban J connectivity index is 2.70. The Bertz CT molecular complexity index is 410. The minimum atomic E-state index is -0.442. The summed E-state index contributed by atoms with van der Waals surface area (Å²) >= 11 is 0. The molecule has 0 saturated heterocycles. The smallest absolute Gasteiger partial charge is 0.253 e. The number of benzene rings is 1. The number of amides is 1. The highest BCUT2D eigenvalue weighted by atomic mass is 19.1. The van der Waals surface area contributed by atoms with Crippen molar-refractivity contribution in [1.29, 1.82) is 0 Å². The van der Waals surface area contributed by atoms with Crippen molar-refractivity contribution in [3.8, 4) is 0 Å². The molecule has 2 N–H and O–H groups in total. The van der Waals surface area contributed by atoms with E-state index in [-0.39, 0.29) is 17.7 Å². The van der Waals surface area contributed by atoms with Crippen LogP contribution in [0.1, 0.15) is 24.2 Å². The first-order chi connectivity index (χ1) is 8.60. The Labute approximate surface area is 107 Å². The molecule has 1 rings (SSSR count). The normalized spacial score (nSPS) is 12.0. The Kier molecular flexibility index (Phi) is 5.58. The molecule has 0 saturated carbocycles. The zero-order valence-corrected chi connectivity index (χ0v) is 10.9. The zero-order valence-electron chi connectivity index (χ0n) is 10.9. The van der Waals surface area contributed by atoms with Crippen LogP contribution < -0.4 is 10.6 Å². The molecular weight excluding hydrogens is 235 g/mol. The van der Waals surface area contributed by atoms with E-state index < -0.39 is 5.82 Å². The SMILES string of the molecule is CCOC(C)CNC(=O)c1cccc(F)c1NC. The first-order valence-electron chi connectivity index (χ1n) is 5.96.